The number of rotatable bonds is 7. The van der Waals surface area contributed by atoms with Crippen molar-refractivity contribution in [3.63, 3.8) is 0 Å². The molecule has 5 heteroatoms. The van der Waals surface area contributed by atoms with Crippen LogP contribution >= 0.6 is 0 Å². The summed E-state index contributed by atoms with van der Waals surface area (Å²) in [6.45, 7) is 9.69. The average molecular weight is 259 g/mol. The molecule has 0 bridgehead atoms. The number of amides is 1. The number of aliphatic carboxylic acids is 1. The number of carbonyl (C=O) groups is 2. The number of hydrogen-bond acceptors (Lipinski definition) is 3. The maximum Gasteiger partial charge on any atom is 0.326 e. The molecule has 0 aliphatic carbocycles. The highest BCUT2D eigenvalue weighted by Gasteiger charge is 2.22. The van der Waals surface area contributed by atoms with Gasteiger partial charge in [-0.3, -0.25) is 4.79 Å². The number of nitrogens with one attached hydrogen (secondary N) is 1. The molecule has 2 N–H and O–H groups in total. The van der Waals surface area contributed by atoms with Crippen molar-refractivity contribution < 1.29 is 19.4 Å². The van der Waals surface area contributed by atoms with Gasteiger partial charge >= 0.3 is 5.97 Å². The summed E-state index contributed by atoms with van der Waals surface area (Å²) in [4.78, 5) is 22.7. The third kappa shape index (κ3) is 7.27. The van der Waals surface area contributed by atoms with Gasteiger partial charge in [0.1, 0.15) is 6.04 Å². The van der Waals surface area contributed by atoms with Gasteiger partial charge in [0.25, 0.3) is 0 Å². The molecule has 0 aromatic heterocycles. The number of carboxylic acids is 1. The first-order valence-corrected chi connectivity index (χ1v) is 6.34. The van der Waals surface area contributed by atoms with Gasteiger partial charge in [0, 0.05) is 18.9 Å². The summed E-state index contributed by atoms with van der Waals surface area (Å²) in [5, 5.41) is 11.6. The van der Waals surface area contributed by atoms with Crippen molar-refractivity contribution in [1.29, 1.82) is 0 Å². The van der Waals surface area contributed by atoms with E-state index in [1.807, 2.05) is 27.7 Å². The van der Waals surface area contributed by atoms with Crippen LogP contribution in [0.1, 0.15) is 47.5 Å². The summed E-state index contributed by atoms with van der Waals surface area (Å²) in [5.41, 5.74) is -0.302. The average Bonchev–Trinajstić information content (AvgIpc) is 2.24. The Morgan fingerprint density at radius 2 is 1.89 bits per heavy atom. The van der Waals surface area contributed by atoms with Gasteiger partial charge in [-0.2, -0.15) is 0 Å². The largest absolute Gasteiger partial charge is 0.480 e. The van der Waals surface area contributed by atoms with E-state index in [-0.39, 0.29) is 23.8 Å². The first kappa shape index (κ1) is 16.9. The van der Waals surface area contributed by atoms with E-state index in [1.54, 1.807) is 6.92 Å². The standard InChI is InChI=1S/C13H25NO4/c1-6-9(2)11(15)14-10(12(16)17)7-8-18-13(3,4)5/h9-10H,6-8H2,1-5H3,(H,14,15)(H,16,17). The lowest BCUT2D eigenvalue weighted by molar-refractivity contribution is -0.143. The van der Waals surface area contributed by atoms with E-state index >= 15 is 0 Å². The summed E-state index contributed by atoms with van der Waals surface area (Å²) in [6, 6.07) is -0.881. The molecule has 0 aromatic rings. The molecule has 0 saturated carbocycles. The lowest BCUT2D eigenvalue weighted by atomic mass is 10.1. The molecule has 0 radical (unpaired) electrons. The third-order valence-electron chi connectivity index (χ3n) is 2.62. The zero-order chi connectivity index (χ0) is 14.3. The number of carboxylic acid groups (broad SMARTS) is 1. The van der Waals surface area contributed by atoms with Crippen molar-refractivity contribution in [3.05, 3.63) is 0 Å². The molecule has 0 saturated heterocycles. The lowest BCUT2D eigenvalue weighted by Gasteiger charge is -2.22. The Bertz CT molecular complexity index is 283. The van der Waals surface area contributed by atoms with Crippen LogP contribution in [-0.2, 0) is 14.3 Å². The molecule has 0 fully saturated rings. The first-order chi connectivity index (χ1) is 8.17. The summed E-state index contributed by atoms with van der Waals surface area (Å²) < 4.78 is 5.46. The molecule has 0 spiro atoms. The second-order valence-electron chi connectivity index (χ2n) is 5.46. The smallest absolute Gasteiger partial charge is 0.326 e. The quantitative estimate of drug-likeness (QED) is 0.731. The second kappa shape index (κ2) is 7.36. The molecule has 1 amide bonds. The molecule has 18 heavy (non-hydrogen) atoms. The molecule has 0 aliphatic rings. The number of ether oxygens (including phenoxy) is 1. The SMILES string of the molecule is CCC(C)C(=O)NC(CCOC(C)(C)C)C(=O)O. The zero-order valence-electron chi connectivity index (χ0n) is 11.9. The maximum absolute atomic E-state index is 11.6. The van der Waals surface area contributed by atoms with Gasteiger partial charge in [-0.15, -0.1) is 0 Å². The highest BCUT2D eigenvalue weighted by atomic mass is 16.5. The molecule has 2 atom stereocenters. The summed E-state index contributed by atoms with van der Waals surface area (Å²) in [5.74, 6) is -1.42. The normalized spacial score (nSPS) is 14.9. The van der Waals surface area contributed by atoms with Crippen LogP contribution in [0.25, 0.3) is 0 Å². The molecule has 0 rings (SSSR count). The van der Waals surface area contributed by atoms with Crippen molar-refractivity contribution in [1.82, 2.24) is 5.32 Å². The van der Waals surface area contributed by atoms with E-state index in [9.17, 15) is 9.59 Å². The van der Waals surface area contributed by atoms with Crippen LogP contribution in [-0.4, -0.2) is 35.2 Å². The molecule has 2 unspecified atom stereocenters. The van der Waals surface area contributed by atoms with Gasteiger partial charge < -0.3 is 15.2 Å². The Morgan fingerprint density at radius 1 is 1.33 bits per heavy atom. The van der Waals surface area contributed by atoms with Crippen molar-refractivity contribution >= 4 is 11.9 Å². The molecular formula is C13H25NO4. The van der Waals surface area contributed by atoms with E-state index in [1.165, 1.54) is 0 Å². The maximum atomic E-state index is 11.6. The number of carbonyl (C=O) groups excluding carboxylic acids is 1. The van der Waals surface area contributed by atoms with Gasteiger partial charge in [-0.05, 0) is 27.2 Å². The monoisotopic (exact) mass is 259 g/mol. The van der Waals surface area contributed by atoms with Crippen molar-refractivity contribution in [2.45, 2.75) is 59.1 Å². The summed E-state index contributed by atoms with van der Waals surface area (Å²) in [7, 11) is 0. The predicted octanol–water partition coefficient (Wildman–Crippen LogP) is 1.81. The lowest BCUT2D eigenvalue weighted by Crippen LogP contribution is -2.44. The fraction of sp³-hybridized carbons (Fsp3) is 0.846. The van der Waals surface area contributed by atoms with Crippen LogP contribution < -0.4 is 5.32 Å². The summed E-state index contributed by atoms with van der Waals surface area (Å²) in [6.07, 6.45) is 0.964. The fourth-order valence-electron chi connectivity index (χ4n) is 1.24. The van der Waals surface area contributed by atoms with Gasteiger partial charge in [-0.25, -0.2) is 4.79 Å². The first-order valence-electron chi connectivity index (χ1n) is 6.34. The minimum absolute atomic E-state index is 0.171. The second-order valence-corrected chi connectivity index (χ2v) is 5.46. The molecule has 5 nitrogen and oxygen atoms in total. The molecule has 0 aliphatic heterocycles. The van der Waals surface area contributed by atoms with Crippen LogP contribution in [0.5, 0.6) is 0 Å². The third-order valence-corrected chi connectivity index (χ3v) is 2.62. The van der Waals surface area contributed by atoms with E-state index in [0.29, 0.717) is 13.0 Å². The van der Waals surface area contributed by atoms with Crippen LogP contribution in [0.15, 0.2) is 0 Å². The Hall–Kier alpha value is -1.10. The number of hydrogen-bond donors (Lipinski definition) is 2. The molecule has 0 heterocycles. The van der Waals surface area contributed by atoms with Crippen LogP contribution in [0.4, 0.5) is 0 Å². The Kier molecular flexibility index (Phi) is 6.91. The van der Waals surface area contributed by atoms with Crippen molar-refractivity contribution in [3.8, 4) is 0 Å². The van der Waals surface area contributed by atoms with E-state index in [4.69, 9.17) is 9.84 Å². The minimum Gasteiger partial charge on any atom is -0.480 e. The topological polar surface area (TPSA) is 75.6 Å². The zero-order valence-corrected chi connectivity index (χ0v) is 11.9. The van der Waals surface area contributed by atoms with E-state index in [0.717, 1.165) is 0 Å². The van der Waals surface area contributed by atoms with Crippen molar-refractivity contribution in [2.24, 2.45) is 5.92 Å². The highest BCUT2D eigenvalue weighted by molar-refractivity contribution is 5.84. The fourth-order valence-corrected chi connectivity index (χ4v) is 1.24. The van der Waals surface area contributed by atoms with Crippen LogP contribution in [0.2, 0.25) is 0 Å². The highest BCUT2D eigenvalue weighted by Crippen LogP contribution is 2.08. The minimum atomic E-state index is -1.02. The summed E-state index contributed by atoms with van der Waals surface area (Å²) >= 11 is 0. The van der Waals surface area contributed by atoms with Gasteiger partial charge in [0.2, 0.25) is 5.91 Å². The van der Waals surface area contributed by atoms with E-state index in [2.05, 4.69) is 5.32 Å². The van der Waals surface area contributed by atoms with Gasteiger partial charge in [0.05, 0.1) is 5.60 Å². The van der Waals surface area contributed by atoms with Crippen LogP contribution in [0, 0.1) is 5.92 Å². The van der Waals surface area contributed by atoms with Crippen LogP contribution in [0.3, 0.4) is 0 Å². The Morgan fingerprint density at radius 3 is 2.28 bits per heavy atom. The molecule has 0 aromatic carbocycles. The van der Waals surface area contributed by atoms with E-state index < -0.39 is 12.0 Å². The Labute approximate surface area is 109 Å². The predicted molar refractivity (Wildman–Crippen MR) is 69.3 cm³/mol. The van der Waals surface area contributed by atoms with Gasteiger partial charge in [0.15, 0.2) is 0 Å². The van der Waals surface area contributed by atoms with Crippen molar-refractivity contribution in [2.75, 3.05) is 6.61 Å². The molecule has 106 valence electrons. The van der Waals surface area contributed by atoms with Gasteiger partial charge in [-0.1, -0.05) is 13.8 Å². The Balaban J connectivity index is 4.24. The molecular weight excluding hydrogens is 234 g/mol.